The molecule has 1 aliphatic rings. The molecule has 1 amide bonds. The van der Waals surface area contributed by atoms with Crippen molar-refractivity contribution in [2.45, 2.75) is 19.3 Å². The minimum Gasteiger partial charge on any atom is -0.454 e. The van der Waals surface area contributed by atoms with Crippen molar-refractivity contribution >= 4 is 33.7 Å². The van der Waals surface area contributed by atoms with Crippen LogP contribution in [0.3, 0.4) is 0 Å². The maximum absolute atomic E-state index is 12.1. The summed E-state index contributed by atoms with van der Waals surface area (Å²) in [6, 6.07) is 9.85. The van der Waals surface area contributed by atoms with Gasteiger partial charge in [-0.15, -0.1) is 22.7 Å². The Labute approximate surface area is 153 Å². The number of nitrogens with one attached hydrogen (secondary N) is 1. The molecule has 25 heavy (non-hydrogen) atoms. The van der Waals surface area contributed by atoms with Gasteiger partial charge in [0.25, 0.3) is 0 Å². The minimum absolute atomic E-state index is 0.00291. The normalized spacial score (nSPS) is 12.3. The summed E-state index contributed by atoms with van der Waals surface area (Å²) < 4.78 is 10.7. The molecule has 0 aliphatic carbocycles. The van der Waals surface area contributed by atoms with E-state index in [1.165, 1.54) is 16.2 Å². The summed E-state index contributed by atoms with van der Waals surface area (Å²) >= 11 is 3.15. The number of fused-ring (bicyclic) bond motifs is 1. The average molecular weight is 372 g/mol. The zero-order valence-corrected chi connectivity index (χ0v) is 15.0. The van der Waals surface area contributed by atoms with Crippen LogP contribution in [0.15, 0.2) is 41.1 Å². The number of hydrogen-bond acceptors (Lipinski definition) is 6. The number of carbonyl (C=O) groups excluding carboxylic acids is 1. The number of thiophene rings is 1. The summed E-state index contributed by atoms with van der Waals surface area (Å²) in [6.07, 6.45) is 2.27. The fourth-order valence-electron chi connectivity index (χ4n) is 2.58. The van der Waals surface area contributed by atoms with Gasteiger partial charge in [0.2, 0.25) is 12.7 Å². The van der Waals surface area contributed by atoms with Crippen LogP contribution in [0.5, 0.6) is 11.5 Å². The number of aromatic nitrogens is 1. The first-order chi connectivity index (χ1) is 12.3. The van der Waals surface area contributed by atoms with Gasteiger partial charge >= 0.3 is 0 Å². The predicted octanol–water partition coefficient (Wildman–Crippen LogP) is 4.56. The van der Waals surface area contributed by atoms with Gasteiger partial charge in [0, 0.05) is 22.2 Å². The molecule has 0 saturated carbocycles. The molecule has 0 unspecified atom stereocenters. The molecule has 0 fully saturated rings. The van der Waals surface area contributed by atoms with Crippen molar-refractivity contribution in [1.29, 1.82) is 0 Å². The number of nitrogens with zero attached hydrogens (tertiary/aromatic N) is 1. The molecule has 1 aliphatic heterocycles. The predicted molar refractivity (Wildman–Crippen MR) is 99.6 cm³/mol. The first kappa shape index (κ1) is 16.1. The number of rotatable bonds is 6. The molecular weight excluding hydrogens is 356 g/mol. The number of carbonyl (C=O) groups is 1. The summed E-state index contributed by atoms with van der Waals surface area (Å²) in [5, 5.41) is 7.49. The van der Waals surface area contributed by atoms with Gasteiger partial charge in [-0.05, 0) is 42.5 Å². The molecule has 0 saturated heterocycles. The largest absolute Gasteiger partial charge is 0.454 e. The van der Waals surface area contributed by atoms with E-state index < -0.39 is 0 Å². The van der Waals surface area contributed by atoms with Crippen LogP contribution >= 0.6 is 22.7 Å². The topological polar surface area (TPSA) is 60.5 Å². The number of anilines is 1. The van der Waals surface area contributed by atoms with Crippen LogP contribution in [0.4, 0.5) is 5.13 Å². The molecule has 4 rings (SSSR count). The number of hydrogen-bond donors (Lipinski definition) is 1. The number of ether oxygens (including phenoxy) is 2. The maximum atomic E-state index is 12.1. The number of benzene rings is 1. The van der Waals surface area contributed by atoms with Gasteiger partial charge in [-0.1, -0.05) is 6.07 Å². The third kappa shape index (κ3) is 3.83. The van der Waals surface area contributed by atoms with Crippen LogP contribution in [0.25, 0.3) is 11.3 Å². The van der Waals surface area contributed by atoms with Crippen LogP contribution in [-0.2, 0) is 11.2 Å². The summed E-state index contributed by atoms with van der Waals surface area (Å²) in [6.45, 7) is 0.253. The van der Waals surface area contributed by atoms with Gasteiger partial charge in [-0.3, -0.25) is 4.79 Å². The molecule has 0 bridgehead atoms. The second-order valence-electron chi connectivity index (χ2n) is 5.59. The lowest BCUT2D eigenvalue weighted by molar-refractivity contribution is -0.116. The highest BCUT2D eigenvalue weighted by atomic mass is 32.1. The number of amides is 1. The van der Waals surface area contributed by atoms with Crippen LogP contribution in [-0.4, -0.2) is 17.7 Å². The Bertz CT molecular complexity index is 874. The Morgan fingerprint density at radius 2 is 2.12 bits per heavy atom. The lowest BCUT2D eigenvalue weighted by atomic mass is 10.1. The van der Waals surface area contributed by atoms with Crippen molar-refractivity contribution < 1.29 is 14.3 Å². The SMILES string of the molecule is O=C(CCCc1cccs1)Nc1nc(-c2ccc3c(c2)OCO3)cs1. The Hall–Kier alpha value is -2.38. The Balaban J connectivity index is 1.34. The highest BCUT2D eigenvalue weighted by Gasteiger charge is 2.15. The molecule has 2 aromatic heterocycles. The smallest absolute Gasteiger partial charge is 0.231 e. The van der Waals surface area contributed by atoms with Gasteiger partial charge in [0.05, 0.1) is 5.69 Å². The summed E-state index contributed by atoms with van der Waals surface area (Å²) in [5.74, 6) is 1.48. The van der Waals surface area contributed by atoms with Crippen molar-refractivity contribution in [3.63, 3.8) is 0 Å². The first-order valence-corrected chi connectivity index (χ1v) is 9.72. The molecule has 0 spiro atoms. The van der Waals surface area contributed by atoms with E-state index in [-0.39, 0.29) is 12.7 Å². The summed E-state index contributed by atoms with van der Waals surface area (Å²) in [7, 11) is 0. The summed E-state index contributed by atoms with van der Waals surface area (Å²) in [5.41, 5.74) is 1.76. The van der Waals surface area contributed by atoms with Gasteiger partial charge < -0.3 is 14.8 Å². The summed E-state index contributed by atoms with van der Waals surface area (Å²) in [4.78, 5) is 17.9. The van der Waals surface area contributed by atoms with E-state index in [0.717, 1.165) is 35.6 Å². The van der Waals surface area contributed by atoms with Gasteiger partial charge in [-0.25, -0.2) is 4.98 Å². The lowest BCUT2D eigenvalue weighted by Crippen LogP contribution is -2.11. The number of aryl methyl sites for hydroxylation is 1. The van der Waals surface area contributed by atoms with E-state index in [4.69, 9.17) is 9.47 Å². The maximum Gasteiger partial charge on any atom is 0.231 e. The molecule has 7 heteroatoms. The molecule has 128 valence electrons. The zero-order chi connectivity index (χ0) is 17.1. The van der Waals surface area contributed by atoms with Crippen LogP contribution in [0.2, 0.25) is 0 Å². The van der Waals surface area contributed by atoms with Crippen molar-refractivity contribution in [3.05, 3.63) is 46.0 Å². The van der Waals surface area contributed by atoms with E-state index in [0.29, 0.717) is 11.6 Å². The minimum atomic E-state index is 0.00291. The van der Waals surface area contributed by atoms with Gasteiger partial charge in [-0.2, -0.15) is 0 Å². The lowest BCUT2D eigenvalue weighted by Gasteiger charge is -2.01. The van der Waals surface area contributed by atoms with E-state index in [1.54, 1.807) is 11.3 Å². The average Bonchev–Trinajstić information content (AvgIpc) is 3.35. The molecule has 5 nitrogen and oxygen atoms in total. The fourth-order valence-corrected chi connectivity index (χ4v) is 4.07. The molecule has 0 atom stereocenters. The molecular formula is C18H16N2O3S2. The molecule has 0 radical (unpaired) electrons. The van der Waals surface area contributed by atoms with E-state index >= 15 is 0 Å². The van der Waals surface area contributed by atoms with E-state index in [1.807, 2.05) is 29.6 Å². The molecule has 3 aromatic rings. The highest BCUT2D eigenvalue weighted by Crippen LogP contribution is 2.36. The van der Waals surface area contributed by atoms with Crippen LogP contribution < -0.4 is 14.8 Å². The monoisotopic (exact) mass is 372 g/mol. The number of thiazole rings is 1. The van der Waals surface area contributed by atoms with Crippen molar-refractivity contribution in [2.24, 2.45) is 0 Å². The van der Waals surface area contributed by atoms with Crippen LogP contribution in [0, 0.1) is 0 Å². The third-order valence-corrected chi connectivity index (χ3v) is 5.52. The van der Waals surface area contributed by atoms with Crippen molar-refractivity contribution in [3.8, 4) is 22.8 Å². The second-order valence-corrected chi connectivity index (χ2v) is 7.48. The fraction of sp³-hybridized carbons (Fsp3) is 0.222. The van der Waals surface area contributed by atoms with Gasteiger partial charge in [0.1, 0.15) is 0 Å². The second kappa shape index (κ2) is 7.25. The Kier molecular flexibility index (Phi) is 4.67. The third-order valence-electron chi connectivity index (χ3n) is 3.83. The Morgan fingerprint density at radius 1 is 1.20 bits per heavy atom. The molecule has 1 N–H and O–H groups in total. The quantitative estimate of drug-likeness (QED) is 0.689. The van der Waals surface area contributed by atoms with E-state index in [2.05, 4.69) is 21.7 Å². The Morgan fingerprint density at radius 3 is 3.00 bits per heavy atom. The highest BCUT2D eigenvalue weighted by molar-refractivity contribution is 7.14. The molecule has 1 aromatic carbocycles. The zero-order valence-electron chi connectivity index (χ0n) is 13.4. The standard InChI is InChI=1S/C18H16N2O3S2/c21-17(5-1-3-13-4-2-8-24-13)20-18-19-14(10-25-18)12-6-7-15-16(9-12)23-11-22-15/h2,4,6-10H,1,3,5,11H2,(H,19,20,21). The first-order valence-electron chi connectivity index (χ1n) is 7.96. The van der Waals surface area contributed by atoms with Crippen LogP contribution in [0.1, 0.15) is 17.7 Å². The van der Waals surface area contributed by atoms with Gasteiger partial charge in [0.15, 0.2) is 16.6 Å². The van der Waals surface area contributed by atoms with E-state index in [9.17, 15) is 4.79 Å². The van der Waals surface area contributed by atoms with Crippen molar-refractivity contribution in [2.75, 3.05) is 12.1 Å². The molecule has 3 heterocycles. The van der Waals surface area contributed by atoms with Crippen molar-refractivity contribution in [1.82, 2.24) is 4.98 Å².